The van der Waals surface area contributed by atoms with Gasteiger partial charge in [0.25, 0.3) is 0 Å². The van der Waals surface area contributed by atoms with Gasteiger partial charge in [0.2, 0.25) is 0 Å². The molecule has 0 saturated heterocycles. The van der Waals surface area contributed by atoms with Crippen LogP contribution in [0.25, 0.3) is 0 Å². The lowest BCUT2D eigenvalue weighted by molar-refractivity contribution is -0.146. The molecule has 3 N–H and O–H groups in total. The number of aliphatic carboxylic acids is 1. The van der Waals surface area contributed by atoms with E-state index in [4.69, 9.17) is 5.11 Å². The van der Waals surface area contributed by atoms with Gasteiger partial charge >= 0.3 is 12.0 Å². The van der Waals surface area contributed by atoms with Crippen LogP contribution in [0.15, 0.2) is 18.2 Å². The zero-order valence-electron chi connectivity index (χ0n) is 10.5. The van der Waals surface area contributed by atoms with Crippen LogP contribution in [0.4, 0.5) is 19.3 Å². The van der Waals surface area contributed by atoms with E-state index < -0.39 is 29.0 Å². The molecule has 0 aromatic heterocycles. The molecule has 19 heavy (non-hydrogen) atoms. The summed E-state index contributed by atoms with van der Waals surface area (Å²) in [6.45, 7) is 2.75. The van der Waals surface area contributed by atoms with E-state index in [-0.39, 0.29) is 12.2 Å². The normalized spacial score (nSPS) is 10.9. The highest BCUT2D eigenvalue weighted by atomic mass is 19.1. The van der Waals surface area contributed by atoms with Gasteiger partial charge in [-0.3, -0.25) is 4.79 Å². The SMILES string of the molecule is CC(C)(CNC(=O)Nc1ccc(F)cc1F)C(=O)O. The first-order valence-corrected chi connectivity index (χ1v) is 5.45. The highest BCUT2D eigenvalue weighted by molar-refractivity contribution is 5.89. The highest BCUT2D eigenvalue weighted by Gasteiger charge is 2.27. The van der Waals surface area contributed by atoms with Crippen molar-refractivity contribution in [1.29, 1.82) is 0 Å². The van der Waals surface area contributed by atoms with Gasteiger partial charge in [0.05, 0.1) is 11.1 Å². The number of hydrogen-bond acceptors (Lipinski definition) is 2. The number of carbonyl (C=O) groups is 2. The second kappa shape index (κ2) is 5.64. The molecule has 0 heterocycles. The maximum absolute atomic E-state index is 13.2. The fourth-order valence-electron chi connectivity index (χ4n) is 1.13. The molecular formula is C12H14F2N2O3. The number of carboxylic acid groups (broad SMARTS) is 1. The van der Waals surface area contributed by atoms with E-state index >= 15 is 0 Å². The van der Waals surface area contributed by atoms with Gasteiger partial charge in [0.15, 0.2) is 0 Å². The van der Waals surface area contributed by atoms with Crippen LogP contribution in [0.5, 0.6) is 0 Å². The second-order valence-electron chi connectivity index (χ2n) is 4.62. The summed E-state index contributed by atoms with van der Waals surface area (Å²) in [4.78, 5) is 22.3. The van der Waals surface area contributed by atoms with Gasteiger partial charge in [-0.15, -0.1) is 0 Å². The first-order valence-electron chi connectivity index (χ1n) is 5.45. The summed E-state index contributed by atoms with van der Waals surface area (Å²) in [7, 11) is 0. The maximum Gasteiger partial charge on any atom is 0.319 e. The Balaban J connectivity index is 2.59. The summed E-state index contributed by atoms with van der Waals surface area (Å²) in [5.41, 5.74) is -1.33. The maximum atomic E-state index is 13.2. The van der Waals surface area contributed by atoms with Crippen LogP contribution in [0.1, 0.15) is 13.8 Å². The largest absolute Gasteiger partial charge is 0.481 e. The summed E-state index contributed by atoms with van der Waals surface area (Å²) in [5.74, 6) is -2.73. The molecule has 0 radical (unpaired) electrons. The average molecular weight is 272 g/mol. The van der Waals surface area contributed by atoms with E-state index in [2.05, 4.69) is 10.6 Å². The Bertz CT molecular complexity index is 504. The van der Waals surface area contributed by atoms with Crippen molar-refractivity contribution in [3.63, 3.8) is 0 Å². The van der Waals surface area contributed by atoms with Crippen molar-refractivity contribution >= 4 is 17.7 Å². The van der Waals surface area contributed by atoms with Crippen LogP contribution >= 0.6 is 0 Å². The zero-order valence-corrected chi connectivity index (χ0v) is 10.5. The lowest BCUT2D eigenvalue weighted by Gasteiger charge is -2.19. The molecule has 1 aromatic rings. The third-order valence-electron chi connectivity index (χ3n) is 2.45. The predicted molar refractivity (Wildman–Crippen MR) is 64.8 cm³/mol. The molecule has 0 unspecified atom stereocenters. The lowest BCUT2D eigenvalue weighted by atomic mass is 9.94. The number of halogens is 2. The van der Waals surface area contributed by atoms with Crippen molar-refractivity contribution in [2.24, 2.45) is 5.41 Å². The van der Waals surface area contributed by atoms with Gasteiger partial charge in [0, 0.05) is 12.6 Å². The fraction of sp³-hybridized carbons (Fsp3) is 0.333. The van der Waals surface area contributed by atoms with E-state index in [1.807, 2.05) is 0 Å². The molecule has 7 heteroatoms. The van der Waals surface area contributed by atoms with E-state index in [1.165, 1.54) is 13.8 Å². The summed E-state index contributed by atoms with van der Waals surface area (Å²) < 4.78 is 25.9. The molecule has 1 rings (SSSR count). The number of rotatable bonds is 4. The Morgan fingerprint density at radius 3 is 2.47 bits per heavy atom. The van der Waals surface area contributed by atoms with E-state index in [9.17, 15) is 18.4 Å². The fourth-order valence-corrected chi connectivity index (χ4v) is 1.13. The van der Waals surface area contributed by atoms with Crippen LogP contribution in [0, 0.1) is 17.0 Å². The van der Waals surface area contributed by atoms with E-state index in [1.54, 1.807) is 0 Å². The number of urea groups is 1. The third kappa shape index (κ3) is 4.20. The first kappa shape index (κ1) is 14.9. The molecule has 104 valence electrons. The summed E-state index contributed by atoms with van der Waals surface area (Å²) in [6.07, 6.45) is 0. The molecule has 0 fully saturated rings. The van der Waals surface area contributed by atoms with E-state index in [0.29, 0.717) is 6.07 Å². The Morgan fingerprint density at radius 2 is 1.95 bits per heavy atom. The molecule has 1 aromatic carbocycles. The van der Waals surface area contributed by atoms with Gasteiger partial charge in [-0.05, 0) is 26.0 Å². The first-order chi connectivity index (χ1) is 8.72. The Kier molecular flexibility index (Phi) is 4.42. The Morgan fingerprint density at radius 1 is 1.32 bits per heavy atom. The molecule has 0 saturated carbocycles. The molecule has 0 aliphatic rings. The topological polar surface area (TPSA) is 78.4 Å². The lowest BCUT2D eigenvalue weighted by Crippen LogP contribution is -2.40. The molecule has 0 bridgehead atoms. The summed E-state index contributed by atoms with van der Waals surface area (Å²) >= 11 is 0. The molecule has 0 aliphatic carbocycles. The van der Waals surface area contributed by atoms with Crippen molar-refractivity contribution in [3.8, 4) is 0 Å². The van der Waals surface area contributed by atoms with Gasteiger partial charge in [-0.1, -0.05) is 0 Å². The molecule has 0 atom stereocenters. The highest BCUT2D eigenvalue weighted by Crippen LogP contribution is 2.16. The molecule has 5 nitrogen and oxygen atoms in total. The van der Waals surface area contributed by atoms with Gasteiger partial charge in [-0.25, -0.2) is 13.6 Å². The van der Waals surface area contributed by atoms with E-state index in [0.717, 1.165) is 12.1 Å². The minimum absolute atomic E-state index is 0.128. The summed E-state index contributed by atoms with van der Waals surface area (Å²) in [6, 6.07) is 1.95. The number of amides is 2. The third-order valence-corrected chi connectivity index (χ3v) is 2.45. The van der Waals surface area contributed by atoms with Crippen LogP contribution in [0.2, 0.25) is 0 Å². The number of anilines is 1. The summed E-state index contributed by atoms with van der Waals surface area (Å²) in [5, 5.41) is 13.3. The quantitative estimate of drug-likeness (QED) is 0.786. The molecular weight excluding hydrogens is 258 g/mol. The molecule has 0 spiro atoms. The van der Waals surface area contributed by atoms with Crippen LogP contribution in [0.3, 0.4) is 0 Å². The Labute approximate surface area is 108 Å². The van der Waals surface area contributed by atoms with Crippen LogP contribution < -0.4 is 10.6 Å². The predicted octanol–water partition coefficient (Wildman–Crippen LogP) is 2.20. The zero-order chi connectivity index (χ0) is 14.6. The van der Waals surface area contributed by atoms with Crippen molar-refractivity contribution < 1.29 is 23.5 Å². The minimum Gasteiger partial charge on any atom is -0.481 e. The van der Waals surface area contributed by atoms with Crippen molar-refractivity contribution in [2.75, 3.05) is 11.9 Å². The second-order valence-corrected chi connectivity index (χ2v) is 4.62. The van der Waals surface area contributed by atoms with Gasteiger partial charge in [0.1, 0.15) is 11.6 Å². The number of nitrogens with one attached hydrogen (secondary N) is 2. The Hall–Kier alpha value is -2.18. The number of benzene rings is 1. The average Bonchev–Trinajstić information content (AvgIpc) is 2.30. The molecule has 2 amide bonds. The van der Waals surface area contributed by atoms with Crippen molar-refractivity contribution in [3.05, 3.63) is 29.8 Å². The number of carbonyl (C=O) groups excluding carboxylic acids is 1. The minimum atomic E-state index is -1.14. The van der Waals surface area contributed by atoms with Crippen LogP contribution in [-0.4, -0.2) is 23.7 Å². The smallest absolute Gasteiger partial charge is 0.319 e. The number of carboxylic acids is 1. The standard InChI is InChI=1S/C12H14F2N2O3/c1-12(2,10(17)18)6-15-11(19)16-9-4-3-7(13)5-8(9)14/h3-5H,6H2,1-2H3,(H,17,18)(H2,15,16,19). The number of hydrogen-bond donors (Lipinski definition) is 3. The van der Waals surface area contributed by atoms with Crippen LogP contribution in [-0.2, 0) is 4.79 Å². The van der Waals surface area contributed by atoms with Gasteiger partial charge < -0.3 is 15.7 Å². The van der Waals surface area contributed by atoms with Gasteiger partial charge in [-0.2, -0.15) is 0 Å². The molecule has 0 aliphatic heterocycles. The van der Waals surface area contributed by atoms with Crippen molar-refractivity contribution in [1.82, 2.24) is 5.32 Å². The monoisotopic (exact) mass is 272 g/mol. The van der Waals surface area contributed by atoms with Crippen molar-refractivity contribution in [2.45, 2.75) is 13.8 Å².